The fourth-order valence-corrected chi connectivity index (χ4v) is 7.46. The standard InChI is InChI=1S/C43H38N8O3/c1-2-14-37-44-38-39(41(53)46-50(27-28-52)42(38)54)49(37)29-30-23-25-31(26-24-30)35-21-12-13-22-36(35)40-45-47-48-51(40)43(32-15-6-3-7-16-32,33-17-8-4-9-18-33)34-19-10-5-11-20-34/h3-13,15-26,52H,2,14,27-29H2,1H3,(H,46,53). The van der Waals surface area contributed by atoms with Gasteiger partial charge in [0.2, 0.25) is 0 Å². The number of benzene rings is 5. The van der Waals surface area contributed by atoms with Gasteiger partial charge in [0.25, 0.3) is 11.1 Å². The zero-order valence-electron chi connectivity index (χ0n) is 29.7. The van der Waals surface area contributed by atoms with Gasteiger partial charge in [-0.15, -0.1) is 5.10 Å². The molecule has 0 unspecified atom stereocenters. The monoisotopic (exact) mass is 714 g/mol. The fraction of sp³-hybridized carbons (Fsp3) is 0.163. The molecule has 5 aromatic carbocycles. The van der Waals surface area contributed by atoms with Gasteiger partial charge in [0.15, 0.2) is 11.3 Å². The molecule has 0 atom stereocenters. The molecular weight excluding hydrogens is 677 g/mol. The van der Waals surface area contributed by atoms with Gasteiger partial charge in [0.1, 0.15) is 16.9 Å². The smallest absolute Gasteiger partial charge is 0.293 e. The molecule has 3 heterocycles. The van der Waals surface area contributed by atoms with Crippen LogP contribution in [0.1, 0.15) is 41.4 Å². The molecule has 0 aliphatic rings. The van der Waals surface area contributed by atoms with Gasteiger partial charge >= 0.3 is 0 Å². The lowest BCUT2D eigenvalue weighted by molar-refractivity contribution is 0.266. The molecule has 11 heteroatoms. The molecule has 0 radical (unpaired) electrons. The maximum Gasteiger partial charge on any atom is 0.293 e. The van der Waals surface area contributed by atoms with Gasteiger partial charge in [0.05, 0.1) is 13.2 Å². The summed E-state index contributed by atoms with van der Waals surface area (Å²) in [6.45, 7) is 2.10. The number of aromatic nitrogens is 8. The average molecular weight is 715 g/mol. The number of aryl methyl sites for hydroxylation is 1. The molecule has 2 N–H and O–H groups in total. The maximum atomic E-state index is 13.2. The van der Waals surface area contributed by atoms with Crippen LogP contribution in [-0.4, -0.2) is 51.3 Å². The Bertz CT molecular complexity index is 2550. The summed E-state index contributed by atoms with van der Waals surface area (Å²) in [5, 5.41) is 25.7. The molecule has 0 fully saturated rings. The second kappa shape index (κ2) is 14.7. The molecule has 0 saturated heterocycles. The Kier molecular flexibility index (Phi) is 9.37. The van der Waals surface area contributed by atoms with E-state index in [4.69, 9.17) is 5.21 Å². The van der Waals surface area contributed by atoms with Crippen molar-refractivity contribution in [3.05, 3.63) is 188 Å². The number of hydrogen-bond donors (Lipinski definition) is 2. The minimum absolute atomic E-state index is 0.0129. The highest BCUT2D eigenvalue weighted by Crippen LogP contribution is 2.43. The molecule has 8 aromatic rings. The van der Waals surface area contributed by atoms with Crippen LogP contribution in [-0.2, 0) is 25.0 Å². The first-order valence-electron chi connectivity index (χ1n) is 18.0. The molecule has 11 nitrogen and oxygen atoms in total. The summed E-state index contributed by atoms with van der Waals surface area (Å²) in [6, 6.07) is 47.2. The minimum Gasteiger partial charge on any atom is -0.394 e. The number of H-pyrrole nitrogens is 1. The van der Waals surface area contributed by atoms with Gasteiger partial charge in [-0.2, -0.15) is 0 Å². The first kappa shape index (κ1) is 34.4. The Morgan fingerprint density at radius 3 is 1.87 bits per heavy atom. The van der Waals surface area contributed by atoms with Gasteiger partial charge in [-0.3, -0.25) is 14.7 Å². The number of fused-ring (bicyclic) bond motifs is 1. The van der Waals surface area contributed by atoms with E-state index in [1.807, 2.05) is 101 Å². The van der Waals surface area contributed by atoms with E-state index in [1.54, 1.807) is 0 Å². The van der Waals surface area contributed by atoms with Crippen molar-refractivity contribution in [2.45, 2.75) is 38.4 Å². The third-order valence-corrected chi connectivity index (χ3v) is 9.88. The van der Waals surface area contributed by atoms with Crippen LogP contribution in [0.2, 0.25) is 0 Å². The number of nitrogens with one attached hydrogen (secondary N) is 1. The first-order valence-corrected chi connectivity index (χ1v) is 18.0. The van der Waals surface area contributed by atoms with E-state index in [1.165, 1.54) is 0 Å². The Balaban J connectivity index is 1.23. The Hall–Kier alpha value is -6.72. The fourth-order valence-electron chi connectivity index (χ4n) is 7.46. The van der Waals surface area contributed by atoms with E-state index < -0.39 is 16.7 Å². The number of nitrogens with zero attached hydrogens (tertiary/aromatic N) is 7. The van der Waals surface area contributed by atoms with E-state index in [-0.39, 0.29) is 24.2 Å². The van der Waals surface area contributed by atoms with Crippen molar-refractivity contribution in [2.75, 3.05) is 6.61 Å². The van der Waals surface area contributed by atoms with Crippen molar-refractivity contribution in [1.29, 1.82) is 0 Å². The number of aliphatic hydroxyl groups excluding tert-OH is 1. The van der Waals surface area contributed by atoms with Crippen molar-refractivity contribution in [3.8, 4) is 22.5 Å². The number of rotatable bonds is 12. The van der Waals surface area contributed by atoms with Crippen LogP contribution < -0.4 is 11.1 Å². The number of imidazole rings is 1. The van der Waals surface area contributed by atoms with Crippen molar-refractivity contribution < 1.29 is 5.11 Å². The summed E-state index contributed by atoms with van der Waals surface area (Å²) in [5.74, 6) is 1.27. The average Bonchev–Trinajstić information content (AvgIpc) is 3.85. The third kappa shape index (κ3) is 5.94. The van der Waals surface area contributed by atoms with Crippen LogP contribution in [0.15, 0.2) is 149 Å². The van der Waals surface area contributed by atoms with E-state index in [0.717, 1.165) is 50.0 Å². The summed E-state index contributed by atoms with van der Waals surface area (Å²) in [5.41, 5.74) is 5.33. The summed E-state index contributed by atoms with van der Waals surface area (Å²) in [6.07, 6.45) is 1.39. The Morgan fingerprint density at radius 1 is 0.722 bits per heavy atom. The maximum absolute atomic E-state index is 13.2. The van der Waals surface area contributed by atoms with Crippen molar-refractivity contribution in [2.24, 2.45) is 0 Å². The zero-order valence-corrected chi connectivity index (χ0v) is 29.7. The number of aliphatic hydroxyl groups is 1. The summed E-state index contributed by atoms with van der Waals surface area (Å²) >= 11 is 0. The predicted octanol–water partition coefficient (Wildman–Crippen LogP) is 6.04. The highest BCUT2D eigenvalue weighted by atomic mass is 16.3. The number of tetrazole rings is 1. The van der Waals surface area contributed by atoms with Crippen LogP contribution in [0.3, 0.4) is 0 Å². The molecule has 54 heavy (non-hydrogen) atoms. The normalized spacial score (nSPS) is 11.7. The van der Waals surface area contributed by atoms with Crippen LogP contribution in [0, 0.1) is 0 Å². The largest absolute Gasteiger partial charge is 0.394 e. The summed E-state index contributed by atoms with van der Waals surface area (Å²) < 4.78 is 4.88. The quantitative estimate of drug-likeness (QED) is 0.147. The van der Waals surface area contributed by atoms with Crippen molar-refractivity contribution in [1.82, 2.24) is 39.5 Å². The van der Waals surface area contributed by atoms with Gasteiger partial charge in [0, 0.05) is 18.5 Å². The predicted molar refractivity (Wildman–Crippen MR) is 208 cm³/mol. The number of aromatic amines is 1. The molecule has 268 valence electrons. The zero-order chi connectivity index (χ0) is 37.1. The van der Waals surface area contributed by atoms with Crippen LogP contribution >= 0.6 is 0 Å². The lowest BCUT2D eigenvalue weighted by atomic mass is 9.77. The molecule has 0 bridgehead atoms. The van der Waals surface area contributed by atoms with Crippen LogP contribution in [0.5, 0.6) is 0 Å². The highest BCUT2D eigenvalue weighted by Gasteiger charge is 2.42. The van der Waals surface area contributed by atoms with Gasteiger partial charge < -0.3 is 9.67 Å². The van der Waals surface area contributed by atoms with E-state index in [9.17, 15) is 14.7 Å². The molecule has 0 spiro atoms. The van der Waals surface area contributed by atoms with Crippen LogP contribution in [0.25, 0.3) is 33.5 Å². The highest BCUT2D eigenvalue weighted by molar-refractivity contribution is 5.81. The van der Waals surface area contributed by atoms with Gasteiger partial charge in [-0.05, 0) is 50.2 Å². The van der Waals surface area contributed by atoms with E-state index in [0.29, 0.717) is 24.6 Å². The minimum atomic E-state index is -0.900. The molecule has 0 aliphatic carbocycles. The summed E-state index contributed by atoms with van der Waals surface area (Å²) in [7, 11) is 0. The Morgan fingerprint density at radius 2 is 1.30 bits per heavy atom. The van der Waals surface area contributed by atoms with Crippen molar-refractivity contribution in [3.63, 3.8) is 0 Å². The second-order valence-corrected chi connectivity index (χ2v) is 13.1. The molecule has 8 rings (SSSR count). The van der Waals surface area contributed by atoms with Gasteiger partial charge in [-0.25, -0.2) is 14.3 Å². The summed E-state index contributed by atoms with van der Waals surface area (Å²) in [4.78, 5) is 31.0. The lowest BCUT2D eigenvalue weighted by Gasteiger charge is -2.36. The molecule has 0 aliphatic heterocycles. The lowest BCUT2D eigenvalue weighted by Crippen LogP contribution is -2.39. The molecule has 3 aromatic heterocycles. The van der Waals surface area contributed by atoms with Crippen molar-refractivity contribution >= 4 is 11.0 Å². The van der Waals surface area contributed by atoms with E-state index in [2.05, 4.69) is 75.0 Å². The Labute approximate surface area is 310 Å². The van der Waals surface area contributed by atoms with E-state index >= 15 is 0 Å². The van der Waals surface area contributed by atoms with Crippen LogP contribution in [0.4, 0.5) is 0 Å². The van der Waals surface area contributed by atoms with Gasteiger partial charge in [-0.1, -0.05) is 146 Å². The molecular formula is C43H38N8O3. The first-order chi connectivity index (χ1) is 26.5. The topological polar surface area (TPSA) is 137 Å². The SMILES string of the molecule is CCCc1nc2c(=O)n(CCO)[nH]c(=O)c2n1Cc1ccc(-c2ccccc2-c2nnnn2C(c2ccccc2)(c2ccccc2)c2ccccc2)cc1. The number of hydrogen-bond acceptors (Lipinski definition) is 7. The molecule has 0 amide bonds. The molecule has 0 saturated carbocycles. The second-order valence-electron chi connectivity index (χ2n) is 13.1. The third-order valence-electron chi connectivity index (χ3n) is 9.88.